The van der Waals surface area contributed by atoms with E-state index in [0.717, 1.165) is 32.7 Å². The molecule has 7 nitrogen and oxygen atoms in total. The maximum Gasteiger partial charge on any atom is 0.276 e. The number of likely N-dealkylation sites (tertiary alicyclic amines) is 1. The normalized spacial score (nSPS) is 31.5. The van der Waals surface area contributed by atoms with Crippen LogP contribution in [-0.4, -0.2) is 64.1 Å². The molecule has 0 saturated carbocycles. The van der Waals surface area contributed by atoms with Gasteiger partial charge in [0.05, 0.1) is 6.20 Å². The summed E-state index contributed by atoms with van der Waals surface area (Å²) < 4.78 is 1.84. The van der Waals surface area contributed by atoms with Gasteiger partial charge in [0.15, 0.2) is 5.69 Å². The second-order valence-corrected chi connectivity index (χ2v) is 6.89. The van der Waals surface area contributed by atoms with E-state index >= 15 is 0 Å². The van der Waals surface area contributed by atoms with Crippen LogP contribution in [0.25, 0.3) is 0 Å². The zero-order valence-electron chi connectivity index (χ0n) is 12.9. The van der Waals surface area contributed by atoms with Gasteiger partial charge < -0.3 is 15.5 Å². The molecule has 0 aliphatic carbocycles. The number of rotatable bonds is 3. The van der Waals surface area contributed by atoms with Crippen LogP contribution in [0.1, 0.15) is 36.2 Å². The monoisotopic (exact) mass is 304 g/mol. The summed E-state index contributed by atoms with van der Waals surface area (Å²) in [5.41, 5.74) is 0.491. The first-order valence-electron chi connectivity index (χ1n) is 8.44. The van der Waals surface area contributed by atoms with Crippen molar-refractivity contribution in [1.29, 1.82) is 0 Å². The lowest BCUT2D eigenvalue weighted by Crippen LogP contribution is -2.53. The van der Waals surface area contributed by atoms with Gasteiger partial charge in [-0.2, -0.15) is 0 Å². The summed E-state index contributed by atoms with van der Waals surface area (Å²) in [6, 6.07) is 0.928. The molecule has 3 atom stereocenters. The molecule has 2 N–H and O–H groups in total. The van der Waals surface area contributed by atoms with Gasteiger partial charge in [-0.25, -0.2) is 0 Å². The Bertz CT molecular complexity index is 526. The molecule has 3 aliphatic rings. The summed E-state index contributed by atoms with van der Waals surface area (Å²) >= 11 is 0. The number of carbonyl (C=O) groups excluding carboxylic acids is 1. The van der Waals surface area contributed by atoms with E-state index in [1.807, 2.05) is 15.8 Å². The Morgan fingerprint density at radius 1 is 1.27 bits per heavy atom. The molecule has 0 aromatic carbocycles. The first-order valence-corrected chi connectivity index (χ1v) is 8.44. The molecule has 4 heterocycles. The number of piperidine rings is 1. The lowest BCUT2D eigenvalue weighted by Gasteiger charge is -2.32. The standard InChI is InChI=1S/C15H24N6O/c22-15(20-8-12-3-4-13(9-20)17-12)14-10-21(19-18-14)7-11-2-1-5-16-6-11/h10-13,16-17H,1-9H2/t11-,12-,13+/m0/s1. The number of fused-ring (bicyclic) bond motifs is 2. The van der Waals surface area contributed by atoms with E-state index in [0.29, 0.717) is 23.7 Å². The highest BCUT2D eigenvalue weighted by atomic mass is 16.2. The second kappa shape index (κ2) is 5.96. The van der Waals surface area contributed by atoms with Crippen LogP contribution in [0, 0.1) is 5.92 Å². The summed E-state index contributed by atoms with van der Waals surface area (Å²) in [5.74, 6) is 0.625. The SMILES string of the molecule is O=C(c1cn(C[C@H]2CCCNC2)nn1)N1C[C@H]2CC[C@@H](C1)N2. The molecule has 7 heteroatoms. The minimum absolute atomic E-state index is 0.0337. The van der Waals surface area contributed by atoms with Crippen molar-refractivity contribution < 1.29 is 4.79 Å². The lowest BCUT2D eigenvalue weighted by molar-refractivity contribution is 0.0691. The highest BCUT2D eigenvalue weighted by molar-refractivity contribution is 5.92. The molecule has 22 heavy (non-hydrogen) atoms. The first kappa shape index (κ1) is 14.1. The fraction of sp³-hybridized carbons (Fsp3) is 0.800. The first-order chi connectivity index (χ1) is 10.8. The Morgan fingerprint density at radius 3 is 2.82 bits per heavy atom. The number of piperazine rings is 1. The molecule has 2 bridgehead atoms. The molecule has 0 radical (unpaired) electrons. The van der Waals surface area contributed by atoms with Crippen molar-refractivity contribution in [1.82, 2.24) is 30.5 Å². The fourth-order valence-corrected chi connectivity index (χ4v) is 3.95. The number of aromatic nitrogens is 3. The van der Waals surface area contributed by atoms with E-state index in [-0.39, 0.29) is 5.91 Å². The van der Waals surface area contributed by atoms with Crippen molar-refractivity contribution in [2.45, 2.75) is 44.3 Å². The predicted octanol–water partition coefficient (Wildman–Crippen LogP) is -0.146. The van der Waals surface area contributed by atoms with Crippen LogP contribution in [0.5, 0.6) is 0 Å². The van der Waals surface area contributed by atoms with Crippen LogP contribution in [0.3, 0.4) is 0 Å². The Hall–Kier alpha value is -1.47. The molecule has 3 fully saturated rings. The Balaban J connectivity index is 1.39. The fourth-order valence-electron chi connectivity index (χ4n) is 3.95. The highest BCUT2D eigenvalue weighted by Crippen LogP contribution is 2.21. The zero-order chi connectivity index (χ0) is 14.9. The topological polar surface area (TPSA) is 75.1 Å². The molecule has 3 saturated heterocycles. The van der Waals surface area contributed by atoms with Crippen LogP contribution < -0.4 is 10.6 Å². The van der Waals surface area contributed by atoms with Gasteiger partial charge in [-0.15, -0.1) is 5.10 Å². The third-order valence-electron chi connectivity index (χ3n) is 5.11. The average molecular weight is 304 g/mol. The Kier molecular flexibility index (Phi) is 3.83. The van der Waals surface area contributed by atoms with Gasteiger partial charge in [-0.3, -0.25) is 9.48 Å². The number of amides is 1. The summed E-state index contributed by atoms with van der Waals surface area (Å²) in [4.78, 5) is 14.5. The molecule has 3 aliphatic heterocycles. The largest absolute Gasteiger partial charge is 0.334 e. The van der Waals surface area contributed by atoms with Crippen molar-refractivity contribution in [3.8, 4) is 0 Å². The van der Waals surface area contributed by atoms with Crippen LogP contribution in [0.2, 0.25) is 0 Å². The second-order valence-electron chi connectivity index (χ2n) is 6.89. The van der Waals surface area contributed by atoms with Gasteiger partial charge in [0, 0.05) is 31.7 Å². The zero-order valence-corrected chi connectivity index (χ0v) is 12.9. The lowest BCUT2D eigenvalue weighted by atomic mass is 10.00. The van der Waals surface area contributed by atoms with E-state index < -0.39 is 0 Å². The summed E-state index contributed by atoms with van der Waals surface area (Å²) in [5, 5.41) is 15.2. The Labute approximate surface area is 130 Å². The molecule has 0 spiro atoms. The van der Waals surface area contributed by atoms with Gasteiger partial charge in [0.1, 0.15) is 0 Å². The van der Waals surface area contributed by atoms with Crippen molar-refractivity contribution in [2.24, 2.45) is 5.92 Å². The number of hydrogen-bond acceptors (Lipinski definition) is 5. The van der Waals surface area contributed by atoms with Gasteiger partial charge in [-0.1, -0.05) is 5.21 Å². The van der Waals surface area contributed by atoms with E-state index in [2.05, 4.69) is 20.9 Å². The van der Waals surface area contributed by atoms with Crippen LogP contribution >= 0.6 is 0 Å². The quantitative estimate of drug-likeness (QED) is 0.812. The molecular weight excluding hydrogens is 280 g/mol. The van der Waals surface area contributed by atoms with Crippen LogP contribution in [0.15, 0.2) is 6.20 Å². The molecule has 0 unspecified atom stereocenters. The number of hydrogen-bond donors (Lipinski definition) is 2. The highest BCUT2D eigenvalue weighted by Gasteiger charge is 2.35. The summed E-state index contributed by atoms with van der Waals surface area (Å²) in [6.07, 6.45) is 6.61. The molecule has 4 rings (SSSR count). The van der Waals surface area contributed by atoms with E-state index in [1.54, 1.807) is 0 Å². The molecule has 120 valence electrons. The number of nitrogens with zero attached hydrogens (tertiary/aromatic N) is 4. The van der Waals surface area contributed by atoms with Crippen molar-refractivity contribution in [2.75, 3.05) is 26.2 Å². The minimum atomic E-state index is 0.0337. The van der Waals surface area contributed by atoms with Gasteiger partial charge in [0.2, 0.25) is 0 Å². The van der Waals surface area contributed by atoms with Crippen molar-refractivity contribution in [3.05, 3.63) is 11.9 Å². The molecular formula is C15H24N6O. The minimum Gasteiger partial charge on any atom is -0.334 e. The molecule has 1 aromatic rings. The van der Waals surface area contributed by atoms with Crippen LogP contribution in [0.4, 0.5) is 0 Å². The van der Waals surface area contributed by atoms with E-state index in [4.69, 9.17) is 0 Å². The maximum atomic E-state index is 12.6. The van der Waals surface area contributed by atoms with Gasteiger partial charge in [-0.05, 0) is 44.7 Å². The molecule has 1 aromatic heterocycles. The third kappa shape index (κ3) is 2.87. The van der Waals surface area contributed by atoms with Crippen LogP contribution in [-0.2, 0) is 6.54 Å². The van der Waals surface area contributed by atoms with Gasteiger partial charge >= 0.3 is 0 Å². The summed E-state index contributed by atoms with van der Waals surface area (Å²) in [6.45, 7) is 4.59. The Morgan fingerprint density at radius 2 is 2.09 bits per heavy atom. The third-order valence-corrected chi connectivity index (χ3v) is 5.11. The van der Waals surface area contributed by atoms with Gasteiger partial charge in [0.25, 0.3) is 5.91 Å². The number of carbonyl (C=O) groups is 1. The van der Waals surface area contributed by atoms with Crippen molar-refractivity contribution in [3.63, 3.8) is 0 Å². The molecule has 1 amide bonds. The smallest absolute Gasteiger partial charge is 0.276 e. The van der Waals surface area contributed by atoms with E-state index in [1.165, 1.54) is 25.7 Å². The number of nitrogens with one attached hydrogen (secondary N) is 2. The average Bonchev–Trinajstić information content (AvgIpc) is 3.14. The summed E-state index contributed by atoms with van der Waals surface area (Å²) in [7, 11) is 0. The maximum absolute atomic E-state index is 12.6. The van der Waals surface area contributed by atoms with E-state index in [9.17, 15) is 4.79 Å². The van der Waals surface area contributed by atoms with Crippen molar-refractivity contribution >= 4 is 5.91 Å². The predicted molar refractivity (Wildman–Crippen MR) is 81.5 cm³/mol.